The van der Waals surface area contributed by atoms with Crippen molar-refractivity contribution in [2.45, 2.75) is 31.5 Å². The van der Waals surface area contributed by atoms with Gasteiger partial charge in [0.05, 0.1) is 11.0 Å². The summed E-state index contributed by atoms with van der Waals surface area (Å²) in [6.45, 7) is 0.296. The standard InChI is InChI=1S/C13H16N2O5/c1-20-10-5-9(6-10)14-7-8-3-2-4-11(15(18)19)12(8)13(16)17/h2-4,9-10,14H,5-7H2,1H3,(H,16,17). The Balaban J connectivity index is 2.09. The van der Waals surface area contributed by atoms with E-state index in [1.807, 2.05) is 0 Å². The summed E-state index contributed by atoms with van der Waals surface area (Å²) in [5.41, 5.74) is -0.194. The predicted octanol–water partition coefficient (Wildman–Crippen LogP) is 1.56. The maximum Gasteiger partial charge on any atom is 0.343 e. The summed E-state index contributed by atoms with van der Waals surface area (Å²) in [6, 6.07) is 4.56. The molecule has 1 saturated carbocycles. The molecule has 20 heavy (non-hydrogen) atoms. The number of ether oxygens (including phenoxy) is 1. The molecule has 1 aromatic carbocycles. The third-order valence-electron chi connectivity index (χ3n) is 3.55. The van der Waals surface area contributed by atoms with Gasteiger partial charge < -0.3 is 15.2 Å². The number of benzene rings is 1. The summed E-state index contributed by atoms with van der Waals surface area (Å²) in [4.78, 5) is 21.4. The molecule has 1 aliphatic rings. The Morgan fingerprint density at radius 2 is 2.25 bits per heavy atom. The van der Waals surface area contributed by atoms with Crippen LogP contribution < -0.4 is 5.32 Å². The molecular weight excluding hydrogens is 264 g/mol. The average Bonchev–Trinajstić information content (AvgIpc) is 2.36. The Kier molecular flexibility index (Phi) is 4.31. The minimum atomic E-state index is -1.28. The fraction of sp³-hybridized carbons (Fsp3) is 0.462. The zero-order valence-corrected chi connectivity index (χ0v) is 11.0. The summed E-state index contributed by atoms with van der Waals surface area (Å²) < 4.78 is 5.16. The van der Waals surface area contributed by atoms with Crippen molar-refractivity contribution in [3.05, 3.63) is 39.4 Å². The van der Waals surface area contributed by atoms with Crippen molar-refractivity contribution >= 4 is 11.7 Å². The summed E-state index contributed by atoms with van der Waals surface area (Å²) in [5, 5.41) is 23.2. The Morgan fingerprint density at radius 1 is 1.55 bits per heavy atom. The maximum absolute atomic E-state index is 11.2. The Hall–Kier alpha value is -1.99. The largest absolute Gasteiger partial charge is 0.477 e. The first kappa shape index (κ1) is 14.4. The summed E-state index contributed by atoms with van der Waals surface area (Å²) >= 11 is 0. The van der Waals surface area contributed by atoms with Crippen LogP contribution in [0.1, 0.15) is 28.8 Å². The van der Waals surface area contributed by atoms with Gasteiger partial charge >= 0.3 is 5.97 Å². The van der Waals surface area contributed by atoms with Gasteiger partial charge in [0.15, 0.2) is 0 Å². The molecule has 0 aliphatic heterocycles. The normalized spacial score (nSPS) is 21.2. The molecule has 1 aromatic rings. The molecule has 7 heteroatoms. The highest BCUT2D eigenvalue weighted by Crippen LogP contribution is 2.25. The predicted molar refractivity (Wildman–Crippen MR) is 70.7 cm³/mol. The fourth-order valence-corrected chi connectivity index (χ4v) is 2.31. The van der Waals surface area contributed by atoms with Crippen molar-refractivity contribution in [1.29, 1.82) is 0 Å². The quantitative estimate of drug-likeness (QED) is 0.605. The van der Waals surface area contributed by atoms with Crippen molar-refractivity contribution < 1.29 is 19.6 Å². The van der Waals surface area contributed by atoms with Crippen LogP contribution in [0.3, 0.4) is 0 Å². The lowest BCUT2D eigenvalue weighted by Crippen LogP contribution is -2.44. The molecule has 0 heterocycles. The van der Waals surface area contributed by atoms with Crippen molar-refractivity contribution in [1.82, 2.24) is 5.32 Å². The summed E-state index contributed by atoms with van der Waals surface area (Å²) in [7, 11) is 1.66. The summed E-state index contributed by atoms with van der Waals surface area (Å²) in [6.07, 6.45) is 1.98. The number of carbonyl (C=O) groups is 1. The monoisotopic (exact) mass is 280 g/mol. The van der Waals surface area contributed by atoms with Gasteiger partial charge in [0, 0.05) is 25.8 Å². The van der Waals surface area contributed by atoms with E-state index in [9.17, 15) is 14.9 Å². The van der Waals surface area contributed by atoms with E-state index in [1.54, 1.807) is 13.2 Å². The lowest BCUT2D eigenvalue weighted by Gasteiger charge is -2.34. The SMILES string of the molecule is COC1CC(NCc2cccc([N+](=O)[O-])c2C(=O)O)C1. The molecule has 0 aromatic heterocycles. The van der Waals surface area contributed by atoms with Gasteiger partial charge in [-0.1, -0.05) is 12.1 Å². The van der Waals surface area contributed by atoms with Crippen LogP contribution in [0.25, 0.3) is 0 Å². The van der Waals surface area contributed by atoms with E-state index in [4.69, 9.17) is 9.84 Å². The van der Waals surface area contributed by atoms with Gasteiger partial charge in [-0.25, -0.2) is 4.79 Å². The number of rotatable bonds is 6. The van der Waals surface area contributed by atoms with Crippen LogP contribution >= 0.6 is 0 Å². The smallest absolute Gasteiger partial charge is 0.343 e. The number of hydrogen-bond donors (Lipinski definition) is 2. The van der Waals surface area contributed by atoms with Crippen LogP contribution in [-0.4, -0.2) is 35.3 Å². The first-order valence-electron chi connectivity index (χ1n) is 6.28. The molecule has 0 unspecified atom stereocenters. The highest BCUT2D eigenvalue weighted by molar-refractivity contribution is 5.94. The van der Waals surface area contributed by atoms with Crippen molar-refractivity contribution in [2.24, 2.45) is 0 Å². The number of carboxylic acid groups (broad SMARTS) is 1. The van der Waals surface area contributed by atoms with Crippen LogP contribution in [0.15, 0.2) is 18.2 Å². The van der Waals surface area contributed by atoms with Crippen LogP contribution in [0.2, 0.25) is 0 Å². The lowest BCUT2D eigenvalue weighted by molar-refractivity contribution is -0.385. The van der Waals surface area contributed by atoms with Gasteiger partial charge in [-0.2, -0.15) is 0 Å². The van der Waals surface area contributed by atoms with E-state index in [0.29, 0.717) is 12.1 Å². The van der Waals surface area contributed by atoms with Gasteiger partial charge in [-0.05, 0) is 18.4 Å². The molecule has 0 atom stereocenters. The highest BCUT2D eigenvalue weighted by Gasteiger charge is 2.29. The van der Waals surface area contributed by atoms with Gasteiger partial charge in [0.25, 0.3) is 5.69 Å². The van der Waals surface area contributed by atoms with Crippen molar-refractivity contribution in [2.75, 3.05) is 7.11 Å². The van der Waals surface area contributed by atoms with Gasteiger partial charge in [-0.15, -0.1) is 0 Å². The second-order valence-electron chi connectivity index (χ2n) is 4.78. The van der Waals surface area contributed by atoms with E-state index in [2.05, 4.69) is 5.32 Å². The lowest BCUT2D eigenvalue weighted by atomic mass is 9.89. The first-order chi connectivity index (χ1) is 9.52. The zero-order valence-electron chi connectivity index (χ0n) is 11.0. The molecule has 0 saturated heterocycles. The number of nitrogens with zero attached hydrogens (tertiary/aromatic N) is 1. The molecule has 108 valence electrons. The minimum Gasteiger partial charge on any atom is -0.477 e. The Labute approximate surface area is 115 Å². The number of hydrogen-bond acceptors (Lipinski definition) is 5. The third kappa shape index (κ3) is 2.94. The second kappa shape index (κ2) is 5.98. The number of carboxylic acids is 1. The van der Waals surface area contributed by atoms with Gasteiger partial charge in [0.2, 0.25) is 0 Å². The first-order valence-corrected chi connectivity index (χ1v) is 6.28. The van der Waals surface area contributed by atoms with Crippen LogP contribution in [0.4, 0.5) is 5.69 Å². The third-order valence-corrected chi connectivity index (χ3v) is 3.55. The van der Waals surface area contributed by atoms with E-state index in [0.717, 1.165) is 12.8 Å². The van der Waals surface area contributed by atoms with Crippen molar-refractivity contribution in [3.63, 3.8) is 0 Å². The molecule has 0 radical (unpaired) electrons. The molecule has 1 fully saturated rings. The molecular formula is C13H16N2O5. The fourth-order valence-electron chi connectivity index (χ4n) is 2.31. The van der Waals surface area contributed by atoms with E-state index in [1.165, 1.54) is 12.1 Å². The summed E-state index contributed by atoms with van der Waals surface area (Å²) in [5.74, 6) is -1.28. The van der Waals surface area contributed by atoms with E-state index in [-0.39, 0.29) is 23.4 Å². The molecule has 7 nitrogen and oxygen atoms in total. The molecule has 0 amide bonds. The van der Waals surface area contributed by atoms with Crippen LogP contribution in [-0.2, 0) is 11.3 Å². The Bertz CT molecular complexity index is 525. The van der Waals surface area contributed by atoms with E-state index < -0.39 is 10.9 Å². The van der Waals surface area contributed by atoms with Crippen LogP contribution in [0, 0.1) is 10.1 Å². The van der Waals surface area contributed by atoms with E-state index >= 15 is 0 Å². The zero-order chi connectivity index (χ0) is 14.7. The molecule has 2 N–H and O–H groups in total. The maximum atomic E-state index is 11.2. The number of nitrogens with one attached hydrogen (secondary N) is 1. The highest BCUT2D eigenvalue weighted by atomic mass is 16.6. The number of aromatic carboxylic acids is 1. The van der Waals surface area contributed by atoms with Crippen LogP contribution in [0.5, 0.6) is 0 Å². The van der Waals surface area contributed by atoms with Gasteiger partial charge in [0.1, 0.15) is 5.56 Å². The molecule has 0 bridgehead atoms. The van der Waals surface area contributed by atoms with Gasteiger partial charge in [-0.3, -0.25) is 10.1 Å². The Morgan fingerprint density at radius 3 is 2.80 bits per heavy atom. The number of nitro benzene ring substituents is 1. The van der Waals surface area contributed by atoms with Crippen molar-refractivity contribution in [3.8, 4) is 0 Å². The average molecular weight is 280 g/mol. The number of methoxy groups -OCH3 is 1. The minimum absolute atomic E-state index is 0.243. The molecule has 0 spiro atoms. The number of nitro groups is 1. The molecule has 1 aliphatic carbocycles. The second-order valence-corrected chi connectivity index (χ2v) is 4.78. The topological polar surface area (TPSA) is 102 Å². The molecule has 2 rings (SSSR count).